The van der Waals surface area contributed by atoms with E-state index in [9.17, 15) is 8.42 Å². The molecule has 0 spiro atoms. The van der Waals surface area contributed by atoms with E-state index in [1.165, 1.54) is 0 Å². The number of rotatable bonds is 8. The first kappa shape index (κ1) is 19.3. The van der Waals surface area contributed by atoms with Crippen LogP contribution in [-0.2, 0) is 28.0 Å². The Bertz CT molecular complexity index is 974. The molecule has 0 fully saturated rings. The standard InChI is InChI=1S/C21H19ClO4S/c22-27(23,24)16-19-12-7-13-20(25-14-17-8-3-1-4-9-17)21(19)26-15-18-10-5-2-6-11-18/h1-13H,14-16H2. The lowest BCUT2D eigenvalue weighted by Crippen LogP contribution is -2.05. The van der Waals surface area contributed by atoms with Gasteiger partial charge in [-0.1, -0.05) is 72.8 Å². The van der Waals surface area contributed by atoms with Gasteiger partial charge in [0.05, 0.1) is 5.75 Å². The third kappa shape index (κ3) is 6.01. The van der Waals surface area contributed by atoms with Crippen LogP contribution in [0.1, 0.15) is 16.7 Å². The molecule has 0 saturated heterocycles. The third-order valence-electron chi connectivity index (χ3n) is 3.85. The van der Waals surface area contributed by atoms with Gasteiger partial charge in [-0.05, 0) is 17.2 Å². The molecule has 4 nitrogen and oxygen atoms in total. The van der Waals surface area contributed by atoms with Crippen LogP contribution in [0.25, 0.3) is 0 Å². The fraction of sp³-hybridized carbons (Fsp3) is 0.143. The molecule has 3 rings (SSSR count). The van der Waals surface area contributed by atoms with E-state index in [1.807, 2.05) is 60.7 Å². The van der Waals surface area contributed by atoms with Gasteiger partial charge in [0, 0.05) is 16.2 Å². The highest BCUT2D eigenvalue weighted by atomic mass is 35.7. The summed E-state index contributed by atoms with van der Waals surface area (Å²) in [4.78, 5) is 0. The van der Waals surface area contributed by atoms with E-state index >= 15 is 0 Å². The van der Waals surface area contributed by atoms with Crippen molar-refractivity contribution >= 4 is 19.7 Å². The van der Waals surface area contributed by atoms with E-state index in [0.29, 0.717) is 30.3 Å². The van der Waals surface area contributed by atoms with Gasteiger partial charge in [-0.15, -0.1) is 0 Å². The second kappa shape index (κ2) is 8.93. The molecule has 0 aromatic heterocycles. The molecule has 140 valence electrons. The van der Waals surface area contributed by atoms with Crippen LogP contribution in [-0.4, -0.2) is 8.42 Å². The number of hydrogen-bond donors (Lipinski definition) is 0. The van der Waals surface area contributed by atoms with Crippen LogP contribution in [0, 0.1) is 0 Å². The molecule has 0 N–H and O–H groups in total. The number of ether oxygens (including phenoxy) is 2. The van der Waals surface area contributed by atoms with Crippen molar-refractivity contribution in [2.75, 3.05) is 0 Å². The highest BCUT2D eigenvalue weighted by molar-refractivity contribution is 8.13. The molecule has 0 saturated carbocycles. The average Bonchev–Trinajstić information content (AvgIpc) is 2.66. The molecule has 3 aromatic carbocycles. The zero-order chi connectivity index (χ0) is 19.1. The summed E-state index contributed by atoms with van der Waals surface area (Å²) in [6.07, 6.45) is 0. The Morgan fingerprint density at radius 2 is 1.26 bits per heavy atom. The van der Waals surface area contributed by atoms with Gasteiger partial charge in [0.25, 0.3) is 0 Å². The third-order valence-corrected chi connectivity index (χ3v) is 4.83. The van der Waals surface area contributed by atoms with Crippen LogP contribution < -0.4 is 9.47 Å². The van der Waals surface area contributed by atoms with Gasteiger partial charge < -0.3 is 9.47 Å². The topological polar surface area (TPSA) is 52.6 Å². The first-order valence-electron chi connectivity index (χ1n) is 8.39. The van der Waals surface area contributed by atoms with E-state index in [4.69, 9.17) is 20.2 Å². The maximum Gasteiger partial charge on any atom is 0.236 e. The molecule has 0 unspecified atom stereocenters. The van der Waals surface area contributed by atoms with E-state index < -0.39 is 9.05 Å². The van der Waals surface area contributed by atoms with Crippen molar-refractivity contribution in [1.82, 2.24) is 0 Å². The molecule has 27 heavy (non-hydrogen) atoms. The maximum absolute atomic E-state index is 11.6. The lowest BCUT2D eigenvalue weighted by Gasteiger charge is -2.16. The zero-order valence-corrected chi connectivity index (χ0v) is 16.1. The number of halogens is 1. The Labute approximate surface area is 163 Å². The number of hydrogen-bond acceptors (Lipinski definition) is 4. The minimum Gasteiger partial charge on any atom is -0.485 e. The van der Waals surface area contributed by atoms with Gasteiger partial charge in [0.1, 0.15) is 13.2 Å². The maximum atomic E-state index is 11.6. The lowest BCUT2D eigenvalue weighted by atomic mass is 10.2. The van der Waals surface area contributed by atoms with Crippen LogP contribution in [0.3, 0.4) is 0 Å². The molecule has 6 heteroatoms. The summed E-state index contributed by atoms with van der Waals surface area (Å²) in [5.74, 6) is 0.537. The molecule has 0 amide bonds. The summed E-state index contributed by atoms with van der Waals surface area (Å²) in [5, 5.41) is 0. The summed E-state index contributed by atoms with van der Waals surface area (Å²) in [5.41, 5.74) is 2.43. The summed E-state index contributed by atoms with van der Waals surface area (Å²) in [7, 11) is 1.73. The zero-order valence-electron chi connectivity index (χ0n) is 14.5. The molecule has 0 radical (unpaired) electrons. The van der Waals surface area contributed by atoms with Crippen LogP contribution in [0.15, 0.2) is 78.9 Å². The quantitative estimate of drug-likeness (QED) is 0.502. The molecule has 0 bridgehead atoms. The summed E-state index contributed by atoms with van der Waals surface area (Å²) in [6, 6.07) is 24.5. The SMILES string of the molecule is O=S(=O)(Cl)Cc1cccc(OCc2ccccc2)c1OCc1ccccc1. The minimum atomic E-state index is -3.73. The summed E-state index contributed by atoms with van der Waals surface area (Å²) < 4.78 is 35.0. The van der Waals surface area contributed by atoms with E-state index in [1.54, 1.807) is 18.2 Å². The molecule has 0 heterocycles. The molecule has 0 aliphatic carbocycles. The van der Waals surface area contributed by atoms with Gasteiger partial charge in [0.2, 0.25) is 9.05 Å². The molecule has 0 aliphatic heterocycles. The highest BCUT2D eigenvalue weighted by Gasteiger charge is 2.17. The van der Waals surface area contributed by atoms with Crippen LogP contribution in [0.4, 0.5) is 0 Å². The van der Waals surface area contributed by atoms with Crippen LogP contribution in [0.5, 0.6) is 11.5 Å². The molecule has 0 aliphatic rings. The van der Waals surface area contributed by atoms with Gasteiger partial charge in [-0.25, -0.2) is 8.42 Å². The largest absolute Gasteiger partial charge is 0.485 e. The monoisotopic (exact) mass is 402 g/mol. The van der Waals surface area contributed by atoms with Gasteiger partial charge in [0.15, 0.2) is 11.5 Å². The van der Waals surface area contributed by atoms with Crippen molar-refractivity contribution in [1.29, 1.82) is 0 Å². The Morgan fingerprint density at radius 1 is 0.704 bits per heavy atom. The van der Waals surface area contributed by atoms with Crippen LogP contribution in [0.2, 0.25) is 0 Å². The molecule has 3 aromatic rings. The fourth-order valence-electron chi connectivity index (χ4n) is 2.60. The highest BCUT2D eigenvalue weighted by Crippen LogP contribution is 2.34. The van der Waals surface area contributed by atoms with Crippen LogP contribution >= 0.6 is 10.7 Å². The smallest absolute Gasteiger partial charge is 0.236 e. The Hall–Kier alpha value is -2.50. The van der Waals surface area contributed by atoms with Crippen molar-refractivity contribution in [3.05, 3.63) is 95.6 Å². The second-order valence-electron chi connectivity index (χ2n) is 5.98. The Morgan fingerprint density at radius 3 is 1.81 bits per heavy atom. The lowest BCUT2D eigenvalue weighted by molar-refractivity contribution is 0.254. The van der Waals surface area contributed by atoms with Crippen molar-refractivity contribution in [2.45, 2.75) is 19.0 Å². The van der Waals surface area contributed by atoms with Crippen molar-refractivity contribution in [2.24, 2.45) is 0 Å². The average molecular weight is 403 g/mol. The normalized spacial score (nSPS) is 11.1. The molecule has 0 atom stereocenters. The number of benzene rings is 3. The Kier molecular flexibility index (Phi) is 6.37. The second-order valence-corrected chi connectivity index (χ2v) is 8.75. The summed E-state index contributed by atoms with van der Waals surface area (Å²) >= 11 is 0. The van der Waals surface area contributed by atoms with E-state index in [0.717, 1.165) is 11.1 Å². The van der Waals surface area contributed by atoms with Crippen molar-refractivity contribution in [3.8, 4) is 11.5 Å². The van der Waals surface area contributed by atoms with E-state index in [2.05, 4.69) is 0 Å². The van der Waals surface area contributed by atoms with Gasteiger partial charge >= 0.3 is 0 Å². The van der Waals surface area contributed by atoms with E-state index in [-0.39, 0.29) is 5.75 Å². The fourth-order valence-corrected chi connectivity index (χ4v) is 3.55. The number of para-hydroxylation sites is 1. The van der Waals surface area contributed by atoms with Gasteiger partial charge in [-0.3, -0.25) is 0 Å². The predicted octanol–water partition coefficient (Wildman–Crippen LogP) is 4.91. The molecular formula is C21H19ClO4S. The minimum absolute atomic E-state index is 0.294. The first-order valence-corrected chi connectivity index (χ1v) is 10.9. The van der Waals surface area contributed by atoms with Crippen molar-refractivity contribution in [3.63, 3.8) is 0 Å². The van der Waals surface area contributed by atoms with Crippen molar-refractivity contribution < 1.29 is 17.9 Å². The molecular weight excluding hydrogens is 384 g/mol. The summed E-state index contributed by atoms with van der Waals surface area (Å²) in [6.45, 7) is 0.640. The van der Waals surface area contributed by atoms with Gasteiger partial charge in [-0.2, -0.15) is 0 Å². The Balaban J connectivity index is 1.85. The predicted molar refractivity (Wildman–Crippen MR) is 106 cm³/mol. The first-order chi connectivity index (χ1) is 13.0.